The second-order valence-corrected chi connectivity index (χ2v) is 5.05. The van der Waals surface area contributed by atoms with Crippen LogP contribution in [0.2, 0.25) is 10.0 Å². The Morgan fingerprint density at radius 1 is 1.00 bits per heavy atom. The molecule has 1 nitrogen and oxygen atoms in total. The quantitative estimate of drug-likeness (QED) is 0.561. The van der Waals surface area contributed by atoms with Gasteiger partial charge in [-0.1, -0.05) is 65.2 Å². The molecule has 0 radical (unpaired) electrons. The van der Waals surface area contributed by atoms with E-state index in [0.29, 0.717) is 15.6 Å². The van der Waals surface area contributed by atoms with Crippen LogP contribution in [0.1, 0.15) is 21.5 Å². The van der Waals surface area contributed by atoms with Gasteiger partial charge in [0.05, 0.1) is 10.0 Å². The molecule has 0 bridgehead atoms. The molecule has 0 spiro atoms. The maximum atomic E-state index is 11.9. The zero-order valence-corrected chi connectivity index (χ0v) is 11.9. The van der Waals surface area contributed by atoms with Crippen LogP contribution in [0.25, 0.3) is 6.08 Å². The van der Waals surface area contributed by atoms with Gasteiger partial charge >= 0.3 is 0 Å². The molecule has 3 heteroatoms. The minimum atomic E-state index is -0.0360. The molecule has 0 saturated carbocycles. The first kappa shape index (κ1) is 13.9. The van der Waals surface area contributed by atoms with Gasteiger partial charge in [-0.25, -0.2) is 0 Å². The van der Waals surface area contributed by atoms with E-state index in [0.717, 1.165) is 11.1 Å². The minimum Gasteiger partial charge on any atom is -0.289 e. The number of carbonyl (C=O) groups excluding carboxylic acids is 1. The van der Waals surface area contributed by atoms with Crippen LogP contribution in [0.15, 0.2) is 48.5 Å². The first-order chi connectivity index (χ1) is 9.06. The van der Waals surface area contributed by atoms with E-state index in [-0.39, 0.29) is 5.78 Å². The molecule has 0 aliphatic carbocycles. The summed E-state index contributed by atoms with van der Waals surface area (Å²) >= 11 is 11.7. The molecule has 2 rings (SSSR count). The molecule has 0 heterocycles. The second kappa shape index (κ2) is 6.05. The van der Waals surface area contributed by atoms with E-state index < -0.39 is 0 Å². The standard InChI is InChI=1S/C16H12Cl2O/c1-11-2-6-13(7-3-11)16(19)9-5-12-4-8-14(17)15(18)10-12/h2-10H,1H3/b9-5+. The number of benzene rings is 2. The molecule has 0 aliphatic rings. The maximum absolute atomic E-state index is 11.9. The Balaban J connectivity index is 2.15. The Kier molecular flexibility index (Phi) is 4.41. The van der Waals surface area contributed by atoms with Gasteiger partial charge in [-0.3, -0.25) is 4.79 Å². The van der Waals surface area contributed by atoms with Crippen LogP contribution in [-0.2, 0) is 0 Å². The highest BCUT2D eigenvalue weighted by atomic mass is 35.5. The fourth-order valence-electron chi connectivity index (χ4n) is 1.60. The molecule has 0 N–H and O–H groups in total. The molecule has 0 saturated heterocycles. The fraction of sp³-hybridized carbons (Fsp3) is 0.0625. The zero-order valence-electron chi connectivity index (χ0n) is 10.4. The van der Waals surface area contributed by atoms with Gasteiger partial charge in [0, 0.05) is 5.56 Å². The van der Waals surface area contributed by atoms with E-state index in [1.807, 2.05) is 37.3 Å². The number of aryl methyl sites for hydroxylation is 1. The predicted octanol–water partition coefficient (Wildman–Crippen LogP) is 5.20. The number of halogens is 2. The Labute approximate surface area is 122 Å². The Morgan fingerprint density at radius 3 is 2.32 bits per heavy atom. The van der Waals surface area contributed by atoms with Crippen LogP contribution < -0.4 is 0 Å². The summed E-state index contributed by atoms with van der Waals surface area (Å²) in [7, 11) is 0. The molecular weight excluding hydrogens is 279 g/mol. The van der Waals surface area contributed by atoms with Crippen LogP contribution >= 0.6 is 23.2 Å². The molecule has 96 valence electrons. The molecule has 0 aliphatic heterocycles. The molecular formula is C16H12Cl2O. The molecule has 0 atom stereocenters. The molecule has 19 heavy (non-hydrogen) atoms. The van der Waals surface area contributed by atoms with Gasteiger partial charge in [0.1, 0.15) is 0 Å². The van der Waals surface area contributed by atoms with Crippen molar-refractivity contribution in [3.63, 3.8) is 0 Å². The highest BCUT2D eigenvalue weighted by molar-refractivity contribution is 6.42. The number of carbonyl (C=O) groups is 1. The summed E-state index contributed by atoms with van der Waals surface area (Å²) in [5.74, 6) is -0.0360. The summed E-state index contributed by atoms with van der Waals surface area (Å²) in [6.45, 7) is 1.99. The lowest BCUT2D eigenvalue weighted by molar-refractivity contribution is 0.104. The third-order valence-corrected chi connectivity index (χ3v) is 3.45. The lowest BCUT2D eigenvalue weighted by Gasteiger charge is -1.98. The number of ketones is 1. The van der Waals surface area contributed by atoms with Crippen molar-refractivity contribution in [1.82, 2.24) is 0 Å². The molecule has 0 fully saturated rings. The lowest BCUT2D eigenvalue weighted by Crippen LogP contribution is -1.93. The van der Waals surface area contributed by atoms with Gasteiger partial charge in [-0.15, -0.1) is 0 Å². The van der Waals surface area contributed by atoms with Gasteiger partial charge in [-0.05, 0) is 30.7 Å². The van der Waals surface area contributed by atoms with Gasteiger partial charge in [0.2, 0.25) is 0 Å². The second-order valence-electron chi connectivity index (χ2n) is 4.24. The summed E-state index contributed by atoms with van der Waals surface area (Å²) in [5.41, 5.74) is 2.64. The highest BCUT2D eigenvalue weighted by Gasteiger charge is 2.01. The molecule has 2 aromatic carbocycles. The average molecular weight is 291 g/mol. The van der Waals surface area contributed by atoms with Crippen LogP contribution in [0, 0.1) is 6.92 Å². The van der Waals surface area contributed by atoms with E-state index in [9.17, 15) is 4.79 Å². The van der Waals surface area contributed by atoms with Gasteiger partial charge < -0.3 is 0 Å². The van der Waals surface area contributed by atoms with Crippen molar-refractivity contribution in [3.8, 4) is 0 Å². The smallest absolute Gasteiger partial charge is 0.185 e. The van der Waals surface area contributed by atoms with Gasteiger partial charge in [-0.2, -0.15) is 0 Å². The van der Waals surface area contributed by atoms with E-state index in [2.05, 4.69) is 0 Å². The van der Waals surface area contributed by atoms with E-state index in [4.69, 9.17) is 23.2 Å². The van der Waals surface area contributed by atoms with E-state index in [1.54, 1.807) is 18.2 Å². The normalized spacial score (nSPS) is 10.9. The Hall–Kier alpha value is -1.57. The lowest BCUT2D eigenvalue weighted by atomic mass is 10.1. The fourth-order valence-corrected chi connectivity index (χ4v) is 1.91. The van der Waals surface area contributed by atoms with Gasteiger partial charge in [0.25, 0.3) is 0 Å². The van der Waals surface area contributed by atoms with Crippen molar-refractivity contribution < 1.29 is 4.79 Å². The van der Waals surface area contributed by atoms with Crippen molar-refractivity contribution in [3.05, 3.63) is 75.3 Å². The summed E-state index contributed by atoms with van der Waals surface area (Å²) in [6.07, 6.45) is 3.26. The predicted molar refractivity (Wildman–Crippen MR) is 81.0 cm³/mol. The zero-order chi connectivity index (χ0) is 13.8. The van der Waals surface area contributed by atoms with E-state index in [1.165, 1.54) is 6.08 Å². The summed E-state index contributed by atoms with van der Waals surface area (Å²) in [6, 6.07) is 12.7. The number of hydrogen-bond acceptors (Lipinski definition) is 1. The summed E-state index contributed by atoms with van der Waals surface area (Å²) < 4.78 is 0. The highest BCUT2D eigenvalue weighted by Crippen LogP contribution is 2.23. The van der Waals surface area contributed by atoms with Crippen molar-refractivity contribution in [2.24, 2.45) is 0 Å². The third-order valence-electron chi connectivity index (χ3n) is 2.71. The Morgan fingerprint density at radius 2 is 1.68 bits per heavy atom. The van der Waals surface area contributed by atoms with Crippen molar-refractivity contribution in [2.45, 2.75) is 6.92 Å². The van der Waals surface area contributed by atoms with Crippen LogP contribution in [-0.4, -0.2) is 5.78 Å². The largest absolute Gasteiger partial charge is 0.289 e. The van der Waals surface area contributed by atoms with Crippen molar-refractivity contribution in [2.75, 3.05) is 0 Å². The number of hydrogen-bond donors (Lipinski definition) is 0. The van der Waals surface area contributed by atoms with E-state index >= 15 is 0 Å². The number of allylic oxidation sites excluding steroid dienone is 1. The van der Waals surface area contributed by atoms with Crippen molar-refractivity contribution >= 4 is 35.1 Å². The SMILES string of the molecule is Cc1ccc(C(=O)/C=C/c2ccc(Cl)c(Cl)c2)cc1. The molecule has 0 unspecified atom stereocenters. The maximum Gasteiger partial charge on any atom is 0.185 e. The Bertz CT molecular complexity index is 628. The average Bonchev–Trinajstić information content (AvgIpc) is 2.40. The molecule has 0 amide bonds. The van der Waals surface area contributed by atoms with Crippen LogP contribution in [0.3, 0.4) is 0 Å². The first-order valence-corrected chi connectivity index (χ1v) is 6.56. The molecule has 0 aromatic heterocycles. The van der Waals surface area contributed by atoms with Crippen LogP contribution in [0.4, 0.5) is 0 Å². The van der Waals surface area contributed by atoms with Crippen molar-refractivity contribution in [1.29, 1.82) is 0 Å². The number of rotatable bonds is 3. The minimum absolute atomic E-state index is 0.0360. The summed E-state index contributed by atoms with van der Waals surface area (Å²) in [4.78, 5) is 11.9. The monoisotopic (exact) mass is 290 g/mol. The van der Waals surface area contributed by atoms with Crippen LogP contribution in [0.5, 0.6) is 0 Å². The third kappa shape index (κ3) is 3.69. The van der Waals surface area contributed by atoms with Gasteiger partial charge in [0.15, 0.2) is 5.78 Å². The molecule has 2 aromatic rings. The topological polar surface area (TPSA) is 17.1 Å². The first-order valence-electron chi connectivity index (χ1n) is 5.80. The summed E-state index contributed by atoms with van der Waals surface area (Å²) in [5, 5.41) is 0.982.